The molecule has 0 spiro atoms. The monoisotopic (exact) mass is 465 g/mol. The summed E-state index contributed by atoms with van der Waals surface area (Å²) < 4.78 is 0.194. The van der Waals surface area contributed by atoms with Crippen molar-refractivity contribution in [2.75, 3.05) is 0 Å². The standard InChI is InChI=1S/CH3NS2.Mo.2H3O2PS2.H4O/c2-1(3)4;;2*1-3(2,4)5;/h(H3,2,3,4);;2*(H3,1,2,4,5);1H4/q;+4;;;+2/p-6. The van der Waals surface area contributed by atoms with Gasteiger partial charge in [0.15, 0.2) is 0 Å². The van der Waals surface area contributed by atoms with Crippen LogP contribution >= 0.6 is 36.2 Å². The Hall–Kier alpha value is 2.73. The second-order valence-corrected chi connectivity index (χ2v) is 11.4. The zero-order valence-corrected chi connectivity index (χ0v) is 16.0. The van der Waals surface area contributed by atoms with Gasteiger partial charge in [0.1, 0.15) is 4.32 Å². The summed E-state index contributed by atoms with van der Waals surface area (Å²) in [4.78, 5) is 37.2. The van der Waals surface area contributed by atoms with Crippen molar-refractivity contribution in [3.63, 3.8) is 0 Å². The number of thiocarbonyl (C=S) groups is 1. The molecule has 0 bridgehead atoms. The van der Waals surface area contributed by atoms with Crippen molar-refractivity contribution in [2.45, 2.75) is 0 Å². The van der Waals surface area contributed by atoms with Gasteiger partial charge >= 0.3 is 21.1 Å². The van der Waals surface area contributed by atoms with Gasteiger partial charge in [-0.15, -0.1) is 12.6 Å². The molecule has 15 heteroatoms. The minimum atomic E-state index is -3.72. The second kappa shape index (κ2) is 15.8. The average Bonchev–Trinajstić information content (AvgIpc) is 1.45. The minimum absolute atomic E-state index is 0. The molecule has 0 rings (SSSR count). The van der Waals surface area contributed by atoms with Gasteiger partial charge in [0.05, 0.1) is 0 Å². The Balaban J connectivity index is -0.0000000358. The summed E-state index contributed by atoms with van der Waals surface area (Å²) >= 11 is 22.2. The smallest absolute Gasteiger partial charge is 0.873 e. The summed E-state index contributed by atoms with van der Waals surface area (Å²) in [5, 5.41) is 0. The zero-order chi connectivity index (χ0) is 12.6. The topological polar surface area (TPSA) is 153 Å². The molecule has 0 heterocycles. The van der Waals surface area contributed by atoms with E-state index in [9.17, 15) is 19.6 Å². The molecule has 0 aromatic carbocycles. The normalized spacial score (nSPS) is 8.94. The quantitative estimate of drug-likeness (QED) is 0.119. The zero-order valence-electron chi connectivity index (χ0n) is 7.21. The van der Waals surface area contributed by atoms with Crippen molar-refractivity contribution in [3.8, 4) is 0 Å². The summed E-state index contributed by atoms with van der Waals surface area (Å²) in [5.74, 6) is 0. The molecule has 6 nitrogen and oxygen atoms in total. The van der Waals surface area contributed by atoms with Gasteiger partial charge in [0.2, 0.25) is 0 Å². The molecule has 0 fully saturated rings. The van der Waals surface area contributed by atoms with E-state index in [0.717, 1.165) is 0 Å². The maximum Gasteiger partial charge on any atom is 4.00 e. The summed E-state index contributed by atoms with van der Waals surface area (Å²) in [7, 11) is 0. The molecule has 0 aromatic heterocycles. The van der Waals surface area contributed by atoms with Gasteiger partial charge in [-0.25, -0.2) is 0 Å². The molecule has 0 aliphatic heterocycles. The van der Waals surface area contributed by atoms with Gasteiger partial charge in [-0.1, -0.05) is 12.2 Å². The van der Waals surface area contributed by atoms with E-state index in [2.05, 4.69) is 73.0 Å². The van der Waals surface area contributed by atoms with Crippen LogP contribution < -0.4 is 25.3 Å². The number of hydrogen-bond acceptors (Lipinski definition) is 9. The molecule has 0 aliphatic rings. The fourth-order valence-electron chi connectivity index (χ4n) is 0. The van der Waals surface area contributed by atoms with Crippen LogP contribution in [0.1, 0.15) is 0 Å². The van der Waals surface area contributed by atoms with E-state index in [4.69, 9.17) is 5.73 Å². The van der Waals surface area contributed by atoms with Gasteiger partial charge in [-0.3, -0.25) is 0 Å². The first kappa shape index (κ1) is 31.2. The van der Waals surface area contributed by atoms with Crippen LogP contribution in [0, 0.1) is 0 Å². The van der Waals surface area contributed by atoms with Gasteiger partial charge in [0, 0.05) is 0 Å². The third-order valence-electron chi connectivity index (χ3n) is 0. The van der Waals surface area contributed by atoms with Crippen LogP contribution in [0.15, 0.2) is 0 Å². The largest absolute Gasteiger partial charge is 4.00 e. The molecule has 0 saturated carbocycles. The third kappa shape index (κ3) is 556. The molecule has 6 N–H and O–H groups in total. The van der Waals surface area contributed by atoms with E-state index >= 15 is 0 Å². The van der Waals surface area contributed by atoms with Gasteiger partial charge in [-0.05, 0) is 0 Å². The van der Waals surface area contributed by atoms with Crippen LogP contribution in [-0.4, -0.2) is 4.32 Å². The number of hydrogen-bond donors (Lipinski definition) is 2. The molecule has 0 radical (unpaired) electrons. The Labute approximate surface area is 139 Å². The molecule has 0 aromatic rings. The van der Waals surface area contributed by atoms with Crippen LogP contribution in [0.5, 0.6) is 0 Å². The maximum absolute atomic E-state index is 9.29. The van der Waals surface area contributed by atoms with E-state index in [1.165, 1.54) is 0 Å². The molecule has 0 aliphatic carbocycles. The average molecular weight is 463 g/mol. The fraction of sp³-hybridized carbons (Fsp3) is 0. The predicted octanol–water partition coefficient (Wildman–Crippen LogP) is -4.08. The van der Waals surface area contributed by atoms with E-state index < -0.39 is 11.4 Å². The van der Waals surface area contributed by atoms with Crippen molar-refractivity contribution in [1.82, 2.24) is 0 Å². The third-order valence-corrected chi connectivity index (χ3v) is 0. The van der Waals surface area contributed by atoms with E-state index in [-0.39, 0.29) is 30.9 Å². The number of nitrogens with two attached hydrogens (primary N) is 1. The Morgan fingerprint density at radius 1 is 1.06 bits per heavy atom. The summed E-state index contributed by atoms with van der Waals surface area (Å²) in [5.41, 5.74) is -2.74. The molecule has 0 saturated heterocycles. The molecule has 0 amide bonds. The summed E-state index contributed by atoms with van der Waals surface area (Å²) in [6, 6.07) is 0. The second-order valence-electron chi connectivity index (χ2n) is 1.23. The van der Waals surface area contributed by atoms with E-state index in [1.807, 2.05) is 0 Å². The molecule has 16 heavy (non-hydrogen) atoms. The SMILES string of the molecule is NC(=S)S.[Mo+4].[O-]P([O-])(=S)[S-].[O-]P([O-])(=S)[S-].[OH4+2]. The summed E-state index contributed by atoms with van der Waals surface area (Å²) in [6.45, 7) is 0. The van der Waals surface area contributed by atoms with E-state index in [0.29, 0.717) is 0 Å². The van der Waals surface area contributed by atoms with Gasteiger partial charge < -0.3 is 66.7 Å². The van der Waals surface area contributed by atoms with Crippen LogP contribution in [-0.2, 0) is 74.7 Å². The first-order chi connectivity index (χ1) is 5.73. The van der Waals surface area contributed by atoms with Crippen molar-refractivity contribution in [2.24, 2.45) is 5.73 Å². The van der Waals surface area contributed by atoms with E-state index in [1.54, 1.807) is 0 Å². The molecule has 0 unspecified atom stereocenters. The van der Waals surface area contributed by atoms with Crippen molar-refractivity contribution < 1.29 is 46.1 Å². The van der Waals surface area contributed by atoms with Gasteiger partial charge in [-0.2, -0.15) is 23.6 Å². The van der Waals surface area contributed by atoms with Crippen molar-refractivity contribution in [3.05, 3.63) is 0 Å². The van der Waals surface area contributed by atoms with Crippen LogP contribution in [0.4, 0.5) is 0 Å². The van der Waals surface area contributed by atoms with Gasteiger partial charge in [0.25, 0.3) is 0 Å². The molecule has 98 valence electrons. The Morgan fingerprint density at radius 3 is 1.06 bits per heavy atom. The van der Waals surface area contributed by atoms with Crippen molar-refractivity contribution >= 4 is 88.7 Å². The van der Waals surface area contributed by atoms with Crippen LogP contribution in [0.2, 0.25) is 0 Å². The number of thiol groups is 1. The minimum Gasteiger partial charge on any atom is -0.873 e. The first-order valence-electron chi connectivity index (χ1n) is 2.18. The molecular weight excluding hydrogens is 456 g/mol. The Kier molecular flexibility index (Phi) is 30.8. The maximum atomic E-state index is 9.29. The first-order valence-corrected chi connectivity index (χ1v) is 10.3. The van der Waals surface area contributed by atoms with Crippen LogP contribution in [0.3, 0.4) is 0 Å². The van der Waals surface area contributed by atoms with Crippen molar-refractivity contribution in [1.29, 1.82) is 0 Å². The Bertz CT molecular complexity index is 211. The molecule has 0 atom stereocenters. The van der Waals surface area contributed by atoms with Crippen LogP contribution in [0.25, 0.3) is 0 Å². The predicted molar refractivity (Wildman–Crippen MR) is 75.3 cm³/mol. The fourth-order valence-corrected chi connectivity index (χ4v) is 0. The summed E-state index contributed by atoms with van der Waals surface area (Å²) in [6.07, 6.45) is 0. The Morgan fingerprint density at radius 2 is 1.06 bits per heavy atom. The molecular formula is CH7MoNO5P2S6. The number of rotatable bonds is 0.